The summed E-state index contributed by atoms with van der Waals surface area (Å²) in [6.45, 7) is 0. The third kappa shape index (κ3) is 4.41. The highest BCUT2D eigenvalue weighted by molar-refractivity contribution is 6.14. The molecule has 9 rings (SSSR count). The summed E-state index contributed by atoms with van der Waals surface area (Å²) in [5.41, 5.74) is 5.77. The van der Waals surface area contributed by atoms with Gasteiger partial charge >= 0.3 is 0 Å². The summed E-state index contributed by atoms with van der Waals surface area (Å²) in [6, 6.07) is 49.5. The van der Waals surface area contributed by atoms with Gasteiger partial charge in [0, 0.05) is 27.6 Å². The molecule has 0 spiro atoms. The number of benzene rings is 6. The molecule has 5 nitrogen and oxygen atoms in total. The maximum atomic E-state index is 6.48. The van der Waals surface area contributed by atoms with Crippen LogP contribution < -0.4 is 0 Å². The largest absolute Gasteiger partial charge is 0.438 e. The zero-order valence-corrected chi connectivity index (χ0v) is 24.1. The molecule has 0 aliphatic carbocycles. The van der Waals surface area contributed by atoms with E-state index in [-0.39, 0.29) is 0 Å². The molecule has 0 aliphatic heterocycles. The number of hydrogen-bond acceptors (Lipinski definition) is 5. The molecule has 210 valence electrons. The zero-order chi connectivity index (χ0) is 29.7. The molecule has 6 aromatic carbocycles. The van der Waals surface area contributed by atoms with Crippen LogP contribution in [-0.2, 0) is 0 Å². The van der Waals surface area contributed by atoms with Gasteiger partial charge in [0.1, 0.15) is 5.58 Å². The Hall–Kier alpha value is -6.20. The van der Waals surface area contributed by atoms with Crippen LogP contribution in [0.3, 0.4) is 0 Å². The fourth-order valence-corrected chi connectivity index (χ4v) is 6.06. The lowest BCUT2D eigenvalue weighted by molar-refractivity contribution is 0.655. The summed E-state index contributed by atoms with van der Waals surface area (Å²) < 4.78 is 6.48. The Balaban J connectivity index is 1.36. The minimum absolute atomic E-state index is 0.547. The zero-order valence-electron chi connectivity index (χ0n) is 24.1. The predicted molar refractivity (Wildman–Crippen MR) is 182 cm³/mol. The molecular formula is C40H24N4O. The van der Waals surface area contributed by atoms with Crippen LogP contribution in [0.4, 0.5) is 0 Å². The van der Waals surface area contributed by atoms with Crippen LogP contribution in [0, 0.1) is 0 Å². The highest BCUT2D eigenvalue weighted by Crippen LogP contribution is 2.39. The van der Waals surface area contributed by atoms with Crippen molar-refractivity contribution in [1.82, 2.24) is 19.9 Å². The van der Waals surface area contributed by atoms with Crippen molar-refractivity contribution in [3.8, 4) is 45.4 Å². The van der Waals surface area contributed by atoms with E-state index in [0.29, 0.717) is 23.2 Å². The molecule has 0 atom stereocenters. The average molecular weight is 577 g/mol. The molecule has 0 radical (unpaired) electrons. The second kappa shape index (κ2) is 10.2. The number of rotatable bonds is 4. The van der Waals surface area contributed by atoms with Gasteiger partial charge in [0.25, 0.3) is 0 Å². The summed E-state index contributed by atoms with van der Waals surface area (Å²) in [5.74, 6) is 1.77. The first-order valence-electron chi connectivity index (χ1n) is 14.9. The van der Waals surface area contributed by atoms with Crippen LogP contribution in [0.25, 0.3) is 89.0 Å². The Morgan fingerprint density at radius 3 is 1.71 bits per heavy atom. The second-order valence-electron chi connectivity index (χ2n) is 11.1. The first-order chi connectivity index (χ1) is 22.3. The number of aromatic nitrogens is 4. The Bertz CT molecular complexity index is 2540. The van der Waals surface area contributed by atoms with E-state index in [1.165, 1.54) is 5.39 Å². The van der Waals surface area contributed by atoms with E-state index in [4.69, 9.17) is 24.4 Å². The fraction of sp³-hybridized carbons (Fsp3) is 0. The first-order valence-corrected chi connectivity index (χ1v) is 14.9. The smallest absolute Gasteiger partial charge is 0.228 e. The van der Waals surface area contributed by atoms with Crippen LogP contribution in [0.2, 0.25) is 0 Å². The van der Waals surface area contributed by atoms with Gasteiger partial charge in [-0.2, -0.15) is 0 Å². The van der Waals surface area contributed by atoms with Gasteiger partial charge in [-0.05, 0) is 45.8 Å². The summed E-state index contributed by atoms with van der Waals surface area (Å²) in [5, 5.41) is 6.38. The molecule has 0 saturated heterocycles. The lowest BCUT2D eigenvalue weighted by Crippen LogP contribution is -2.01. The Kier molecular flexibility index (Phi) is 5.74. The van der Waals surface area contributed by atoms with E-state index in [0.717, 1.165) is 60.5 Å². The fourth-order valence-electron chi connectivity index (χ4n) is 6.06. The van der Waals surface area contributed by atoms with Crippen molar-refractivity contribution < 1.29 is 4.42 Å². The molecule has 0 fully saturated rings. The van der Waals surface area contributed by atoms with E-state index in [9.17, 15) is 0 Å². The molecule has 5 heteroatoms. The molecular weight excluding hydrogens is 552 g/mol. The van der Waals surface area contributed by atoms with Crippen molar-refractivity contribution in [3.05, 3.63) is 146 Å². The molecule has 0 bridgehead atoms. The number of pyridine rings is 1. The third-order valence-corrected chi connectivity index (χ3v) is 8.30. The van der Waals surface area contributed by atoms with Crippen LogP contribution in [0.5, 0.6) is 0 Å². The van der Waals surface area contributed by atoms with Gasteiger partial charge in [0.15, 0.2) is 17.5 Å². The Morgan fingerprint density at radius 1 is 0.400 bits per heavy atom. The highest BCUT2D eigenvalue weighted by atomic mass is 16.3. The third-order valence-electron chi connectivity index (χ3n) is 8.30. The van der Waals surface area contributed by atoms with Crippen LogP contribution in [0.15, 0.2) is 150 Å². The van der Waals surface area contributed by atoms with Gasteiger partial charge in [0.2, 0.25) is 5.71 Å². The van der Waals surface area contributed by atoms with Crippen molar-refractivity contribution in [1.29, 1.82) is 0 Å². The predicted octanol–water partition coefficient (Wildman–Crippen LogP) is 10.1. The maximum Gasteiger partial charge on any atom is 0.228 e. The topological polar surface area (TPSA) is 64.7 Å². The molecule has 9 aromatic rings. The number of hydrogen-bond donors (Lipinski definition) is 0. The van der Waals surface area contributed by atoms with E-state index in [1.807, 2.05) is 66.7 Å². The average Bonchev–Trinajstić information content (AvgIpc) is 3.47. The Morgan fingerprint density at radius 2 is 0.978 bits per heavy atom. The molecule has 45 heavy (non-hydrogen) atoms. The molecule has 0 N–H and O–H groups in total. The quantitative estimate of drug-likeness (QED) is 0.209. The van der Waals surface area contributed by atoms with Gasteiger partial charge in [-0.1, -0.05) is 121 Å². The summed E-state index contributed by atoms with van der Waals surface area (Å²) >= 11 is 0. The number of fused-ring (bicyclic) bond motifs is 5. The van der Waals surface area contributed by atoms with Gasteiger partial charge in [-0.25, -0.2) is 19.9 Å². The van der Waals surface area contributed by atoms with Gasteiger partial charge in [0.05, 0.1) is 11.1 Å². The minimum atomic E-state index is 0.547. The molecule has 3 aromatic heterocycles. The standard InChI is InChI=1S/C40H24N4O/c1-3-12-26(13-4-1)34-24-33(36-32-22-29-17-9-10-18-30(29)23-35(32)45-40(36)41-34)39-43-37(27-14-5-2-6-15-27)42-38(44-39)31-20-19-25-11-7-8-16-28(25)21-31/h1-24H. The van der Waals surface area contributed by atoms with Crippen molar-refractivity contribution in [2.45, 2.75) is 0 Å². The monoisotopic (exact) mass is 576 g/mol. The minimum Gasteiger partial charge on any atom is -0.438 e. The second-order valence-corrected chi connectivity index (χ2v) is 11.1. The number of nitrogens with zero attached hydrogens (tertiary/aromatic N) is 4. The SMILES string of the molecule is c1ccc(-c2cc(-c3nc(-c4ccccc4)nc(-c4ccc5ccccc5c4)n3)c3c(n2)oc2cc4ccccc4cc23)cc1. The van der Waals surface area contributed by atoms with Gasteiger partial charge < -0.3 is 4.42 Å². The lowest BCUT2D eigenvalue weighted by Gasteiger charge is -2.11. The van der Waals surface area contributed by atoms with Crippen molar-refractivity contribution in [3.63, 3.8) is 0 Å². The highest BCUT2D eigenvalue weighted by Gasteiger charge is 2.21. The molecule has 0 aliphatic rings. The van der Waals surface area contributed by atoms with E-state index in [2.05, 4.69) is 78.9 Å². The van der Waals surface area contributed by atoms with Crippen LogP contribution >= 0.6 is 0 Å². The van der Waals surface area contributed by atoms with E-state index >= 15 is 0 Å². The van der Waals surface area contributed by atoms with E-state index in [1.54, 1.807) is 0 Å². The summed E-state index contributed by atoms with van der Waals surface area (Å²) in [7, 11) is 0. The molecule has 0 unspecified atom stereocenters. The van der Waals surface area contributed by atoms with Gasteiger partial charge in [-0.15, -0.1) is 0 Å². The maximum absolute atomic E-state index is 6.48. The Labute approximate surface area is 258 Å². The summed E-state index contributed by atoms with van der Waals surface area (Å²) in [6.07, 6.45) is 0. The van der Waals surface area contributed by atoms with Crippen molar-refractivity contribution in [2.24, 2.45) is 0 Å². The van der Waals surface area contributed by atoms with Crippen LogP contribution in [0.1, 0.15) is 0 Å². The van der Waals surface area contributed by atoms with Crippen molar-refractivity contribution in [2.75, 3.05) is 0 Å². The molecule has 0 saturated carbocycles. The normalized spacial score (nSPS) is 11.6. The number of furan rings is 1. The molecule has 3 heterocycles. The first kappa shape index (κ1) is 25.3. The lowest BCUT2D eigenvalue weighted by atomic mass is 10.0. The van der Waals surface area contributed by atoms with Gasteiger partial charge in [-0.3, -0.25) is 0 Å². The van der Waals surface area contributed by atoms with E-state index < -0.39 is 0 Å². The van der Waals surface area contributed by atoms with Crippen molar-refractivity contribution >= 4 is 43.6 Å². The molecule has 0 amide bonds. The van der Waals surface area contributed by atoms with Crippen LogP contribution in [-0.4, -0.2) is 19.9 Å². The summed E-state index contributed by atoms with van der Waals surface area (Å²) in [4.78, 5) is 20.3.